The molecule has 0 aromatic heterocycles. The van der Waals surface area contributed by atoms with E-state index in [1.165, 1.54) is 0 Å². The van der Waals surface area contributed by atoms with Crippen LogP contribution >= 0.6 is 0 Å². The molecule has 0 aromatic rings. The van der Waals surface area contributed by atoms with Crippen molar-refractivity contribution in [3.05, 3.63) is 0 Å². The molecule has 1 heterocycles. The second-order valence-electron chi connectivity index (χ2n) is 6.08. The first-order valence-electron chi connectivity index (χ1n) is 6.98. The van der Waals surface area contributed by atoms with Gasteiger partial charge in [0.2, 0.25) is 5.91 Å². The smallest absolute Gasteiger partial charge is 0.223 e. The number of likely N-dealkylation sites (tertiary alicyclic amines) is 1. The average Bonchev–Trinajstić information content (AvgIpc) is 2.51. The molecule has 0 aliphatic carbocycles. The fraction of sp³-hybridized carbons (Fsp3) is 0.929. The highest BCUT2D eigenvalue weighted by Gasteiger charge is 2.38. The number of carbonyl (C=O) groups is 1. The molecule has 1 aliphatic rings. The number of rotatable bonds is 6. The van der Waals surface area contributed by atoms with E-state index in [1.54, 1.807) is 0 Å². The summed E-state index contributed by atoms with van der Waals surface area (Å²) in [6.45, 7) is 8.31. The molecule has 1 unspecified atom stereocenters. The highest BCUT2D eigenvalue weighted by Crippen LogP contribution is 2.32. The maximum absolute atomic E-state index is 12.1. The van der Waals surface area contributed by atoms with Gasteiger partial charge in [-0.25, -0.2) is 0 Å². The van der Waals surface area contributed by atoms with E-state index in [0.29, 0.717) is 18.2 Å². The summed E-state index contributed by atoms with van der Waals surface area (Å²) in [6, 6.07) is 0. The molecule has 2 N–H and O–H groups in total. The minimum atomic E-state index is 0.0633. The van der Waals surface area contributed by atoms with E-state index >= 15 is 0 Å². The van der Waals surface area contributed by atoms with Gasteiger partial charge in [-0.1, -0.05) is 19.8 Å². The summed E-state index contributed by atoms with van der Waals surface area (Å²) < 4.78 is 0. The van der Waals surface area contributed by atoms with Crippen LogP contribution in [0.3, 0.4) is 0 Å². The fourth-order valence-corrected chi connectivity index (χ4v) is 2.93. The normalized spacial score (nSPS) is 23.1. The molecular weight excluding hydrogens is 212 g/mol. The van der Waals surface area contributed by atoms with Crippen molar-refractivity contribution in [3.63, 3.8) is 0 Å². The fourth-order valence-electron chi connectivity index (χ4n) is 2.93. The Balaban J connectivity index is 2.28. The van der Waals surface area contributed by atoms with Gasteiger partial charge in [-0.15, -0.1) is 0 Å². The van der Waals surface area contributed by atoms with Crippen molar-refractivity contribution in [1.29, 1.82) is 0 Å². The number of unbranched alkanes of at least 4 members (excludes halogenated alkanes) is 3. The van der Waals surface area contributed by atoms with Crippen LogP contribution in [0.4, 0.5) is 0 Å². The molecule has 1 amide bonds. The zero-order valence-corrected chi connectivity index (χ0v) is 11.7. The van der Waals surface area contributed by atoms with Crippen LogP contribution in [0, 0.1) is 5.92 Å². The summed E-state index contributed by atoms with van der Waals surface area (Å²) in [5, 5.41) is 0. The molecule has 0 spiro atoms. The van der Waals surface area contributed by atoms with Crippen LogP contribution in [0.1, 0.15) is 59.3 Å². The largest absolute Gasteiger partial charge is 0.337 e. The average molecular weight is 240 g/mol. The quantitative estimate of drug-likeness (QED) is 0.725. The van der Waals surface area contributed by atoms with E-state index < -0.39 is 0 Å². The zero-order valence-electron chi connectivity index (χ0n) is 11.7. The van der Waals surface area contributed by atoms with Crippen LogP contribution < -0.4 is 5.73 Å². The third-order valence-corrected chi connectivity index (χ3v) is 3.72. The monoisotopic (exact) mass is 240 g/mol. The van der Waals surface area contributed by atoms with Crippen molar-refractivity contribution >= 4 is 5.91 Å². The maximum atomic E-state index is 12.1. The van der Waals surface area contributed by atoms with E-state index in [-0.39, 0.29) is 5.54 Å². The van der Waals surface area contributed by atoms with Gasteiger partial charge < -0.3 is 10.6 Å². The van der Waals surface area contributed by atoms with Gasteiger partial charge in [-0.2, -0.15) is 0 Å². The van der Waals surface area contributed by atoms with Crippen molar-refractivity contribution in [1.82, 2.24) is 4.90 Å². The minimum absolute atomic E-state index is 0.0633. The number of amides is 1. The Hall–Kier alpha value is -0.570. The number of hydrogen-bond donors (Lipinski definition) is 1. The van der Waals surface area contributed by atoms with Crippen molar-refractivity contribution in [3.8, 4) is 0 Å². The van der Waals surface area contributed by atoms with Crippen molar-refractivity contribution in [2.24, 2.45) is 11.7 Å². The van der Waals surface area contributed by atoms with Gasteiger partial charge >= 0.3 is 0 Å². The van der Waals surface area contributed by atoms with Crippen molar-refractivity contribution < 1.29 is 4.79 Å². The second-order valence-corrected chi connectivity index (χ2v) is 6.08. The van der Waals surface area contributed by atoms with E-state index in [4.69, 9.17) is 5.73 Å². The lowest BCUT2D eigenvalue weighted by Gasteiger charge is -2.31. The Bertz CT molecular complexity index is 251. The summed E-state index contributed by atoms with van der Waals surface area (Å²) in [4.78, 5) is 14.2. The molecule has 1 fully saturated rings. The van der Waals surface area contributed by atoms with E-state index in [1.807, 2.05) is 0 Å². The molecule has 3 heteroatoms. The third kappa shape index (κ3) is 4.30. The lowest BCUT2D eigenvalue weighted by molar-refractivity contribution is -0.134. The highest BCUT2D eigenvalue weighted by molar-refractivity contribution is 5.77. The van der Waals surface area contributed by atoms with Crippen molar-refractivity contribution in [2.75, 3.05) is 13.1 Å². The topological polar surface area (TPSA) is 46.3 Å². The highest BCUT2D eigenvalue weighted by atomic mass is 16.2. The summed E-state index contributed by atoms with van der Waals surface area (Å²) in [7, 11) is 0. The Morgan fingerprint density at radius 3 is 2.47 bits per heavy atom. The molecule has 100 valence electrons. The number of hydrogen-bond acceptors (Lipinski definition) is 2. The lowest BCUT2D eigenvalue weighted by atomic mass is 9.97. The Morgan fingerprint density at radius 2 is 1.94 bits per heavy atom. The Morgan fingerprint density at radius 1 is 1.29 bits per heavy atom. The van der Waals surface area contributed by atoms with Gasteiger partial charge in [0, 0.05) is 18.5 Å². The van der Waals surface area contributed by atoms with Crippen LogP contribution in [0.25, 0.3) is 0 Å². The molecular formula is C14H28N2O. The summed E-state index contributed by atoms with van der Waals surface area (Å²) in [6.07, 6.45) is 6.23. The Labute approximate surface area is 106 Å². The first-order valence-corrected chi connectivity index (χ1v) is 6.98. The van der Waals surface area contributed by atoms with Crippen LogP contribution in [0.2, 0.25) is 0 Å². The predicted molar refractivity (Wildman–Crippen MR) is 71.7 cm³/mol. The van der Waals surface area contributed by atoms with E-state index in [9.17, 15) is 4.79 Å². The lowest BCUT2D eigenvalue weighted by Crippen LogP contribution is -2.42. The summed E-state index contributed by atoms with van der Waals surface area (Å²) in [5.74, 6) is 0.985. The van der Waals surface area contributed by atoms with Gasteiger partial charge in [-0.3, -0.25) is 4.79 Å². The maximum Gasteiger partial charge on any atom is 0.223 e. The van der Waals surface area contributed by atoms with Crippen molar-refractivity contribution in [2.45, 2.75) is 64.8 Å². The minimum Gasteiger partial charge on any atom is -0.337 e. The van der Waals surface area contributed by atoms with E-state index in [2.05, 4.69) is 25.7 Å². The zero-order chi connectivity index (χ0) is 12.9. The molecule has 1 saturated heterocycles. The Kier molecular flexibility index (Phi) is 5.44. The molecule has 0 bridgehead atoms. The van der Waals surface area contributed by atoms with Crippen LogP contribution in [-0.2, 0) is 4.79 Å². The molecule has 1 aliphatic heterocycles. The predicted octanol–water partition coefficient (Wildman–Crippen LogP) is 2.54. The van der Waals surface area contributed by atoms with Gasteiger partial charge in [0.25, 0.3) is 0 Å². The number of nitrogens with zero attached hydrogens (tertiary/aromatic N) is 1. The second kappa shape index (κ2) is 6.39. The molecule has 1 atom stereocenters. The molecule has 0 saturated carbocycles. The van der Waals surface area contributed by atoms with Gasteiger partial charge in [-0.05, 0) is 45.6 Å². The van der Waals surface area contributed by atoms with Gasteiger partial charge in [0.05, 0.1) is 0 Å². The molecule has 17 heavy (non-hydrogen) atoms. The van der Waals surface area contributed by atoms with Crippen LogP contribution in [0.15, 0.2) is 0 Å². The first-order chi connectivity index (χ1) is 7.97. The number of nitrogens with two attached hydrogens (primary N) is 1. The number of carbonyl (C=O) groups excluding carboxylic acids is 1. The van der Waals surface area contributed by atoms with E-state index in [0.717, 1.165) is 45.2 Å². The first kappa shape index (κ1) is 14.5. The molecule has 3 nitrogen and oxygen atoms in total. The summed E-state index contributed by atoms with van der Waals surface area (Å²) >= 11 is 0. The van der Waals surface area contributed by atoms with Crippen LogP contribution in [-0.4, -0.2) is 29.4 Å². The standard InChI is InChI=1S/C14H28N2O/c1-12-10-14(2,3)16(11-12)13(17)8-6-4-5-7-9-15/h12H,4-11,15H2,1-3H3. The van der Waals surface area contributed by atoms with Crippen LogP contribution in [0.5, 0.6) is 0 Å². The molecule has 0 radical (unpaired) electrons. The summed E-state index contributed by atoms with van der Waals surface area (Å²) in [5.41, 5.74) is 5.51. The van der Waals surface area contributed by atoms with Gasteiger partial charge in [0.1, 0.15) is 0 Å². The molecule has 0 aromatic carbocycles. The van der Waals surface area contributed by atoms with Gasteiger partial charge in [0.15, 0.2) is 0 Å². The SMILES string of the molecule is CC1CN(C(=O)CCCCCCN)C(C)(C)C1. The third-order valence-electron chi connectivity index (χ3n) is 3.72. The molecule has 1 rings (SSSR count).